The second kappa shape index (κ2) is 17.1. The minimum atomic E-state index is -0.788. The van der Waals surface area contributed by atoms with E-state index in [2.05, 4.69) is 52.9 Å². The van der Waals surface area contributed by atoms with Gasteiger partial charge in [-0.1, -0.05) is 0 Å². The maximum Gasteiger partial charge on any atom is 0.328 e. The summed E-state index contributed by atoms with van der Waals surface area (Å²) in [6.45, 7) is 10.2. The second-order valence-corrected chi connectivity index (χ2v) is 16.5. The molecule has 3 saturated heterocycles. The van der Waals surface area contributed by atoms with E-state index in [-0.39, 0.29) is 51.4 Å². The van der Waals surface area contributed by atoms with Crippen molar-refractivity contribution in [3.05, 3.63) is 100 Å². The number of amides is 5. The molecule has 63 heavy (non-hydrogen) atoms. The van der Waals surface area contributed by atoms with Crippen LogP contribution in [0.5, 0.6) is 0 Å². The van der Waals surface area contributed by atoms with Crippen LogP contribution in [0, 0.1) is 31.4 Å². The minimum absolute atomic E-state index is 0.0172. The average Bonchev–Trinajstić information content (AvgIpc) is 3.54. The Labute approximate surface area is 362 Å². The van der Waals surface area contributed by atoms with Crippen LogP contribution in [0.15, 0.2) is 60.7 Å². The number of urea groups is 1. The molecule has 0 unspecified atom stereocenters. The number of halogens is 2. The maximum atomic E-state index is 16.1. The van der Waals surface area contributed by atoms with E-state index in [1.54, 1.807) is 9.58 Å². The quantitative estimate of drug-likeness (QED) is 0.149. The van der Waals surface area contributed by atoms with Crippen molar-refractivity contribution in [1.29, 1.82) is 0 Å². The van der Waals surface area contributed by atoms with Gasteiger partial charge in [-0.05, 0) is 98.8 Å². The van der Waals surface area contributed by atoms with Gasteiger partial charge in [-0.3, -0.25) is 29.5 Å². The van der Waals surface area contributed by atoms with Gasteiger partial charge < -0.3 is 26.2 Å². The van der Waals surface area contributed by atoms with Crippen molar-refractivity contribution in [2.45, 2.75) is 46.1 Å². The molecule has 326 valence electrons. The fourth-order valence-electron chi connectivity index (χ4n) is 8.95. The van der Waals surface area contributed by atoms with Gasteiger partial charge in [0, 0.05) is 94.2 Å². The second-order valence-electron chi connectivity index (χ2n) is 16.5. The summed E-state index contributed by atoms with van der Waals surface area (Å²) in [6.07, 6.45) is 3.01. The molecule has 4 aliphatic heterocycles. The number of rotatable bonds is 9. The van der Waals surface area contributed by atoms with Gasteiger partial charge in [0.1, 0.15) is 40.3 Å². The van der Waals surface area contributed by atoms with Crippen LogP contribution in [0.3, 0.4) is 0 Å². The predicted octanol–water partition coefficient (Wildman–Crippen LogP) is 5.37. The van der Waals surface area contributed by atoms with Gasteiger partial charge in [-0.15, -0.1) is 0 Å². The number of anilines is 6. The zero-order valence-electron chi connectivity index (χ0n) is 35.1. The number of primary amides is 1. The van der Waals surface area contributed by atoms with Gasteiger partial charge in [0.2, 0.25) is 5.91 Å². The first-order valence-electron chi connectivity index (χ1n) is 21.3. The lowest BCUT2D eigenvalue weighted by Gasteiger charge is -2.40. The highest BCUT2D eigenvalue weighted by Gasteiger charge is 2.31. The van der Waals surface area contributed by atoms with E-state index in [4.69, 9.17) is 10.7 Å². The van der Waals surface area contributed by atoms with Crippen LogP contribution in [-0.4, -0.2) is 101 Å². The minimum Gasteiger partial charge on any atom is -0.372 e. The summed E-state index contributed by atoms with van der Waals surface area (Å²) in [5.74, 6) is -0.941. The fourth-order valence-corrected chi connectivity index (χ4v) is 8.95. The monoisotopic (exact) mass is 858 g/mol. The summed E-state index contributed by atoms with van der Waals surface area (Å²) < 4.78 is 31.4. The Morgan fingerprint density at radius 3 is 2.27 bits per heavy atom. The number of nitrogens with zero attached hydrogens (tertiary/aromatic N) is 8. The third kappa shape index (κ3) is 8.37. The highest BCUT2D eigenvalue weighted by atomic mass is 19.1. The molecule has 9 rings (SSSR count). The Kier molecular flexibility index (Phi) is 11.2. The number of aromatic nitrogens is 4. The lowest BCUT2D eigenvalue weighted by molar-refractivity contribution is -0.120. The van der Waals surface area contributed by atoms with Crippen LogP contribution in [0.4, 0.5) is 48.1 Å². The highest BCUT2D eigenvalue weighted by molar-refractivity contribution is 6.07. The van der Waals surface area contributed by atoms with Gasteiger partial charge in [-0.25, -0.2) is 28.2 Å². The number of hydrogen-bond donors (Lipinski definition) is 4. The SMILES string of the molecule is Cc1nc(NC(=O)c2ccc(-c3nn4c(c3C(N)=O)Nc3ccc(N5CCN(CC6CCN(c7ccc(N8CCC(=O)NC8=O)cc7)CC6)CC5)nc3CC4)c(F)c2C)ccc1F. The van der Waals surface area contributed by atoms with E-state index in [1.807, 2.05) is 24.3 Å². The summed E-state index contributed by atoms with van der Waals surface area (Å²) in [6, 6.07) is 16.9. The molecule has 3 aromatic heterocycles. The molecule has 0 atom stereocenters. The van der Waals surface area contributed by atoms with Crippen molar-refractivity contribution in [1.82, 2.24) is 30.0 Å². The van der Waals surface area contributed by atoms with Gasteiger partial charge in [-0.2, -0.15) is 5.10 Å². The van der Waals surface area contributed by atoms with Crippen LogP contribution in [0.2, 0.25) is 0 Å². The van der Waals surface area contributed by atoms with Crippen LogP contribution < -0.4 is 36.4 Å². The topological polar surface area (TPSA) is 187 Å². The number of aryl methyl sites for hydroxylation is 3. The maximum absolute atomic E-state index is 16.1. The Bertz CT molecular complexity index is 2620. The molecule has 5 N–H and O–H groups in total. The smallest absolute Gasteiger partial charge is 0.328 e. The molecule has 18 heteroatoms. The van der Waals surface area contributed by atoms with E-state index in [0.29, 0.717) is 43.4 Å². The van der Waals surface area contributed by atoms with E-state index in [1.165, 1.54) is 38.1 Å². The van der Waals surface area contributed by atoms with Crippen molar-refractivity contribution < 1.29 is 28.0 Å². The van der Waals surface area contributed by atoms with Crippen LogP contribution >= 0.6 is 0 Å². The number of hydrogen-bond acceptors (Lipinski definition) is 11. The van der Waals surface area contributed by atoms with Crippen molar-refractivity contribution in [3.8, 4) is 11.3 Å². The summed E-state index contributed by atoms with van der Waals surface area (Å²) in [5, 5.41) is 12.9. The number of carbonyl (C=O) groups is 4. The Morgan fingerprint density at radius 1 is 0.810 bits per heavy atom. The van der Waals surface area contributed by atoms with E-state index >= 15 is 4.39 Å². The first-order chi connectivity index (χ1) is 30.4. The molecule has 5 aromatic rings. The van der Waals surface area contributed by atoms with Crippen molar-refractivity contribution >= 4 is 58.3 Å². The molecule has 7 heterocycles. The number of nitrogens with one attached hydrogen (secondary N) is 3. The van der Waals surface area contributed by atoms with E-state index in [9.17, 15) is 23.6 Å². The molecule has 16 nitrogen and oxygen atoms in total. The molecule has 0 radical (unpaired) electrons. The Balaban J connectivity index is 0.803. The third-order valence-electron chi connectivity index (χ3n) is 12.5. The molecule has 0 aliphatic carbocycles. The molecule has 3 fully saturated rings. The van der Waals surface area contributed by atoms with Crippen LogP contribution in [0.25, 0.3) is 11.3 Å². The number of benzene rings is 2. The van der Waals surface area contributed by atoms with Crippen LogP contribution in [-0.2, 0) is 17.8 Å². The predicted molar refractivity (Wildman–Crippen MR) is 235 cm³/mol. The van der Waals surface area contributed by atoms with Crippen molar-refractivity contribution in [2.24, 2.45) is 11.7 Å². The standard InChI is InChI=1S/C45H48F2N12O4/c1-26-31(44(62)52-36-11-9-33(46)27(2)49-36)7-8-32(40(26)47)41-39(42(48)61)43-51-34-10-12-37(50-35(34)15-20-59(43)54-41)57-23-21-55(22-24-57)25-28-13-17-56(18-14-28)29-3-5-30(6-4-29)58-19-16-38(60)53-45(58)63/h3-12,28,51H,13-25H2,1-2H3,(H2,48,61)(H,49,52,62)(H,53,60,63). The molecular formula is C45H48F2N12O4. The number of fused-ring (bicyclic) bond motifs is 2. The van der Waals surface area contributed by atoms with Gasteiger partial charge in [0.25, 0.3) is 11.8 Å². The highest BCUT2D eigenvalue weighted by Crippen LogP contribution is 2.37. The van der Waals surface area contributed by atoms with Gasteiger partial charge >= 0.3 is 6.03 Å². The van der Waals surface area contributed by atoms with Crippen molar-refractivity contribution in [2.75, 3.05) is 77.7 Å². The van der Waals surface area contributed by atoms with Crippen LogP contribution in [0.1, 0.15) is 56.9 Å². The zero-order chi connectivity index (χ0) is 43.9. The first-order valence-corrected chi connectivity index (χ1v) is 21.3. The lowest BCUT2D eigenvalue weighted by atomic mass is 9.95. The molecule has 0 saturated carbocycles. The number of carbonyl (C=O) groups excluding carboxylic acids is 4. The zero-order valence-corrected chi connectivity index (χ0v) is 35.1. The molecule has 0 spiro atoms. The lowest BCUT2D eigenvalue weighted by Crippen LogP contribution is -2.49. The fraction of sp³-hybridized carbons (Fsp3) is 0.356. The summed E-state index contributed by atoms with van der Waals surface area (Å²) >= 11 is 0. The van der Waals surface area contributed by atoms with Gasteiger partial charge in [0.15, 0.2) is 0 Å². The first kappa shape index (κ1) is 41.4. The van der Waals surface area contributed by atoms with Crippen molar-refractivity contribution in [3.63, 3.8) is 0 Å². The average molecular weight is 859 g/mol. The van der Waals surface area contributed by atoms with E-state index < -0.39 is 23.4 Å². The molecular weight excluding hydrogens is 811 g/mol. The number of piperidine rings is 1. The number of imide groups is 1. The number of piperazine rings is 1. The molecule has 5 amide bonds. The molecule has 4 aliphatic rings. The normalized spacial score (nSPS) is 17.1. The summed E-state index contributed by atoms with van der Waals surface area (Å²) in [7, 11) is 0. The Morgan fingerprint density at radius 2 is 1.56 bits per heavy atom. The van der Waals surface area contributed by atoms with Gasteiger partial charge in [0.05, 0.1) is 17.1 Å². The number of nitrogens with two attached hydrogens (primary N) is 1. The largest absolute Gasteiger partial charge is 0.372 e. The summed E-state index contributed by atoms with van der Waals surface area (Å²) in [5.41, 5.74) is 9.65. The van der Waals surface area contributed by atoms with E-state index in [0.717, 1.165) is 81.5 Å². The number of pyridine rings is 2. The molecule has 0 bridgehead atoms. The Hall–Kier alpha value is -6.95. The molecule has 2 aromatic carbocycles. The third-order valence-corrected chi connectivity index (χ3v) is 12.5. The summed E-state index contributed by atoms with van der Waals surface area (Å²) in [4.78, 5) is 67.8.